The van der Waals surface area contributed by atoms with Crippen molar-refractivity contribution in [2.45, 2.75) is 74.7 Å². The maximum atomic E-state index is 10.7. The molecule has 1 aliphatic carbocycles. The third kappa shape index (κ3) is 3.61. The Hall–Kier alpha value is 0.660. The van der Waals surface area contributed by atoms with Crippen molar-refractivity contribution in [3.63, 3.8) is 0 Å². The molecule has 1 nitrogen and oxygen atoms in total. The smallest absolute Gasteiger partial charge is 0.0695 e. The SMILES string of the molecule is CCC1CCCC(C(O)C2CSC(C)C(C)S2)C1. The first-order chi connectivity index (χ1) is 8.61. The van der Waals surface area contributed by atoms with Crippen LogP contribution in [0.3, 0.4) is 0 Å². The molecule has 2 fully saturated rings. The van der Waals surface area contributed by atoms with Gasteiger partial charge < -0.3 is 5.11 Å². The van der Waals surface area contributed by atoms with Crippen LogP contribution in [-0.2, 0) is 0 Å². The number of aliphatic hydroxyl groups excluding tert-OH is 1. The van der Waals surface area contributed by atoms with Gasteiger partial charge in [0.2, 0.25) is 0 Å². The van der Waals surface area contributed by atoms with E-state index < -0.39 is 0 Å². The third-order valence-electron chi connectivity index (χ3n) is 4.84. The van der Waals surface area contributed by atoms with Gasteiger partial charge in [-0.2, -0.15) is 23.5 Å². The van der Waals surface area contributed by atoms with Crippen LogP contribution in [0.15, 0.2) is 0 Å². The van der Waals surface area contributed by atoms with E-state index in [1.165, 1.54) is 32.1 Å². The van der Waals surface area contributed by atoms with Gasteiger partial charge in [-0.15, -0.1) is 0 Å². The molecular weight excluding hydrogens is 260 g/mol. The summed E-state index contributed by atoms with van der Waals surface area (Å²) in [6.07, 6.45) is 6.47. The Morgan fingerprint density at radius 1 is 1.22 bits per heavy atom. The van der Waals surface area contributed by atoms with Gasteiger partial charge in [-0.25, -0.2) is 0 Å². The van der Waals surface area contributed by atoms with E-state index in [2.05, 4.69) is 32.5 Å². The van der Waals surface area contributed by atoms with Crippen molar-refractivity contribution in [3.05, 3.63) is 0 Å². The fourth-order valence-electron chi connectivity index (χ4n) is 3.30. The molecule has 6 atom stereocenters. The van der Waals surface area contributed by atoms with E-state index in [9.17, 15) is 5.11 Å². The molecule has 0 bridgehead atoms. The number of hydrogen-bond donors (Lipinski definition) is 1. The van der Waals surface area contributed by atoms with Gasteiger partial charge in [-0.1, -0.05) is 40.0 Å². The molecule has 1 aliphatic heterocycles. The molecule has 2 rings (SSSR count). The van der Waals surface area contributed by atoms with Crippen molar-refractivity contribution in [2.24, 2.45) is 11.8 Å². The quantitative estimate of drug-likeness (QED) is 0.841. The first kappa shape index (κ1) is 15.1. The van der Waals surface area contributed by atoms with Crippen molar-refractivity contribution < 1.29 is 5.11 Å². The Balaban J connectivity index is 1.88. The molecule has 0 aromatic heterocycles. The maximum absolute atomic E-state index is 10.7. The molecule has 0 radical (unpaired) electrons. The lowest BCUT2D eigenvalue weighted by molar-refractivity contribution is 0.0701. The van der Waals surface area contributed by atoms with Crippen LogP contribution in [0.4, 0.5) is 0 Å². The normalized spacial score (nSPS) is 43.7. The first-order valence-electron chi connectivity index (χ1n) is 7.57. The summed E-state index contributed by atoms with van der Waals surface area (Å²) in [7, 11) is 0. The average molecular weight is 289 g/mol. The van der Waals surface area contributed by atoms with Crippen LogP contribution in [0, 0.1) is 11.8 Å². The summed E-state index contributed by atoms with van der Waals surface area (Å²) in [6.45, 7) is 6.93. The Kier molecular flexibility index (Phi) is 5.77. The predicted molar refractivity (Wildman–Crippen MR) is 84.5 cm³/mol. The summed E-state index contributed by atoms with van der Waals surface area (Å²) >= 11 is 4.09. The lowest BCUT2D eigenvalue weighted by atomic mass is 9.77. The molecule has 3 heteroatoms. The minimum absolute atomic E-state index is 0.0631. The van der Waals surface area contributed by atoms with Gasteiger partial charge in [0.15, 0.2) is 0 Å². The zero-order chi connectivity index (χ0) is 13.1. The van der Waals surface area contributed by atoms with Crippen LogP contribution in [0.5, 0.6) is 0 Å². The second kappa shape index (κ2) is 6.90. The van der Waals surface area contributed by atoms with Gasteiger partial charge in [-0.3, -0.25) is 0 Å². The van der Waals surface area contributed by atoms with Crippen molar-refractivity contribution in [1.29, 1.82) is 0 Å². The number of aliphatic hydroxyl groups is 1. The zero-order valence-corrected chi connectivity index (χ0v) is 13.6. The van der Waals surface area contributed by atoms with Crippen LogP contribution in [0.25, 0.3) is 0 Å². The van der Waals surface area contributed by atoms with Crippen LogP contribution < -0.4 is 0 Å². The Bertz CT molecular complexity index is 253. The molecule has 6 unspecified atom stereocenters. The van der Waals surface area contributed by atoms with Gasteiger partial charge in [0.05, 0.1) is 6.10 Å². The first-order valence-corrected chi connectivity index (χ1v) is 9.56. The van der Waals surface area contributed by atoms with E-state index in [0.717, 1.165) is 16.9 Å². The summed E-state index contributed by atoms with van der Waals surface area (Å²) in [5.74, 6) is 2.59. The lowest BCUT2D eigenvalue weighted by Gasteiger charge is -2.39. The van der Waals surface area contributed by atoms with E-state index in [1.807, 2.05) is 11.8 Å². The maximum Gasteiger partial charge on any atom is 0.0695 e. The Morgan fingerprint density at radius 3 is 2.67 bits per heavy atom. The summed E-state index contributed by atoms with van der Waals surface area (Å²) < 4.78 is 0. The van der Waals surface area contributed by atoms with E-state index in [4.69, 9.17) is 0 Å². The fraction of sp³-hybridized carbons (Fsp3) is 1.00. The van der Waals surface area contributed by atoms with E-state index in [1.54, 1.807) is 0 Å². The summed E-state index contributed by atoms with van der Waals surface area (Å²) in [4.78, 5) is 0. The van der Waals surface area contributed by atoms with Gasteiger partial charge >= 0.3 is 0 Å². The van der Waals surface area contributed by atoms with Gasteiger partial charge in [0.25, 0.3) is 0 Å². The molecule has 2 aliphatic rings. The van der Waals surface area contributed by atoms with Crippen LogP contribution in [0.2, 0.25) is 0 Å². The zero-order valence-electron chi connectivity index (χ0n) is 12.0. The van der Waals surface area contributed by atoms with Crippen molar-refractivity contribution >= 4 is 23.5 Å². The monoisotopic (exact) mass is 288 g/mol. The van der Waals surface area contributed by atoms with E-state index >= 15 is 0 Å². The topological polar surface area (TPSA) is 20.2 Å². The Labute approximate surface area is 121 Å². The van der Waals surface area contributed by atoms with Gasteiger partial charge in [0.1, 0.15) is 0 Å². The van der Waals surface area contributed by atoms with Crippen molar-refractivity contribution in [2.75, 3.05) is 5.75 Å². The highest BCUT2D eigenvalue weighted by Crippen LogP contribution is 2.41. The number of thioether (sulfide) groups is 2. The molecule has 1 saturated carbocycles. The highest BCUT2D eigenvalue weighted by molar-refractivity contribution is 8.07. The standard InChI is InChI=1S/C15H28OS2/c1-4-12-6-5-7-13(8-12)15(16)14-9-17-10(2)11(3)18-14/h10-16H,4-9H2,1-3H3. The van der Waals surface area contributed by atoms with Crippen molar-refractivity contribution in [1.82, 2.24) is 0 Å². The Morgan fingerprint density at radius 2 is 2.00 bits per heavy atom. The predicted octanol–water partition coefficient (Wildman–Crippen LogP) is 4.19. The van der Waals surface area contributed by atoms with E-state index in [-0.39, 0.29) is 6.10 Å². The number of hydrogen-bond acceptors (Lipinski definition) is 3. The van der Waals surface area contributed by atoms with Crippen LogP contribution >= 0.6 is 23.5 Å². The largest absolute Gasteiger partial charge is 0.392 e. The fourth-order valence-corrected chi connectivity index (χ4v) is 6.40. The van der Waals surface area contributed by atoms with Crippen LogP contribution in [0.1, 0.15) is 52.9 Å². The third-order valence-corrected chi connectivity index (χ3v) is 8.34. The molecule has 0 amide bonds. The van der Waals surface area contributed by atoms with Gasteiger partial charge in [0, 0.05) is 21.5 Å². The molecule has 18 heavy (non-hydrogen) atoms. The highest BCUT2D eigenvalue weighted by atomic mass is 32.2. The molecule has 1 N–H and O–H groups in total. The average Bonchev–Trinajstić information content (AvgIpc) is 2.41. The summed E-state index contributed by atoms with van der Waals surface area (Å²) in [5, 5.41) is 12.6. The summed E-state index contributed by atoms with van der Waals surface area (Å²) in [5.41, 5.74) is 0. The number of rotatable bonds is 3. The molecule has 0 spiro atoms. The minimum atomic E-state index is -0.0631. The molecule has 1 saturated heterocycles. The summed E-state index contributed by atoms with van der Waals surface area (Å²) in [6, 6.07) is 0. The molecule has 1 heterocycles. The van der Waals surface area contributed by atoms with Crippen molar-refractivity contribution in [3.8, 4) is 0 Å². The molecule has 0 aromatic rings. The lowest BCUT2D eigenvalue weighted by Crippen LogP contribution is -2.40. The van der Waals surface area contributed by atoms with Crippen LogP contribution in [-0.4, -0.2) is 32.7 Å². The molecule has 0 aromatic carbocycles. The molecular formula is C15H28OS2. The highest BCUT2D eigenvalue weighted by Gasteiger charge is 2.36. The van der Waals surface area contributed by atoms with Gasteiger partial charge in [-0.05, 0) is 24.7 Å². The molecule has 106 valence electrons. The minimum Gasteiger partial charge on any atom is -0.392 e. The second-order valence-electron chi connectivity index (χ2n) is 6.11. The second-order valence-corrected chi connectivity index (χ2v) is 9.14. The van der Waals surface area contributed by atoms with E-state index in [0.29, 0.717) is 16.4 Å².